The van der Waals surface area contributed by atoms with Gasteiger partial charge in [0.05, 0.1) is 117 Å². The van der Waals surface area contributed by atoms with E-state index < -0.39 is 0 Å². The van der Waals surface area contributed by atoms with Crippen molar-refractivity contribution in [2.24, 2.45) is 4.99 Å². The van der Waals surface area contributed by atoms with Crippen molar-refractivity contribution in [1.29, 1.82) is 0 Å². The highest BCUT2D eigenvalue weighted by Gasteiger charge is 2.26. The first-order valence-electron chi connectivity index (χ1n) is 36.4. The second-order valence-electron chi connectivity index (χ2n) is 27.3. The van der Waals surface area contributed by atoms with E-state index in [0.717, 1.165) is 101 Å². The number of nitrogens with two attached hydrogens (primary N) is 3. The number of alkyl halides is 1. The standard InChI is InChI=1S/C29H25N7O2.C28H23N7O2.C18H16BrNO.C13H12N4O.CH4/c1-17-7-4-5-10-23(17)36-20(14-22-24(29(36)37)18(2)11-12-31-22)15-35-28-25(27(30)32-16-33-28)26(34-35)19-8-6-9-21(13-19)38-3;1-16-6-3-4-9-22(16)35-19(13-21-23(28(35)37)17(2)10-11-30-21)14-34-27-24(26(29)31-15-32-27)25(33-34)18-7-5-8-20(36)12-18;1-12-6-3-4-9-16(12)20-15(11-19)10-14-8-5-7-13(2)17(14)18(20)21;1-18-9-4-2-3-8(5-9)12-11-10(6-15-12)16-7-17-13(11)14;/h4-14,16H,15H2,1-3H3,(H2,30,32,33);3-13,15,36H,14H2,1-2H3,(H2,29,31,32);3-10H,11H2,1-2H3;2-5,7H,6H2,1H3,(H2,14,16,17);1H4. The summed E-state index contributed by atoms with van der Waals surface area (Å²) in [6.45, 7) is 12.8. The number of aryl methyl sites for hydroxylation is 6. The normalized spacial score (nSPS) is 11.5. The molecule has 0 atom stereocenters. The SMILES string of the molecule is C.COc1cccc(-c2nn(Cc3cc4nccc(C)c4c(=O)n3-c3ccccc3C)c3ncnc(N)c23)c1.COc1cccc(C2=NCc3ncnc(N)c32)c1.Cc1ccccc1-n1c(CBr)cc2cccc(C)c2c1=O.Cc1ccccc1-n1c(Cn2nc(-c3cccc(O)c3)c3c(N)ncnc32)cc2nccc(C)c2c1=O. The van der Waals surface area contributed by atoms with Crippen LogP contribution in [0.5, 0.6) is 17.2 Å². The van der Waals surface area contributed by atoms with Crippen LogP contribution in [0.2, 0.25) is 0 Å². The Kier molecular flexibility index (Phi) is 22.1. The van der Waals surface area contributed by atoms with Gasteiger partial charge in [-0.1, -0.05) is 133 Å². The molecule has 17 aromatic rings. The molecule has 0 bridgehead atoms. The zero-order valence-electron chi connectivity index (χ0n) is 63.4. The Morgan fingerprint density at radius 2 is 0.852 bits per heavy atom. The minimum Gasteiger partial charge on any atom is -0.508 e. The molecule has 25 nitrogen and oxygen atoms in total. The molecule has 1 aliphatic heterocycles. The van der Waals surface area contributed by atoms with Crippen molar-refractivity contribution in [2.45, 2.75) is 73.9 Å². The number of nitrogens with zero attached hydrogens (tertiary/aromatic N) is 16. The average Bonchev–Trinajstić information content (AvgIpc) is 1.71. The maximum absolute atomic E-state index is 14.0. The van der Waals surface area contributed by atoms with Crippen LogP contribution in [0.25, 0.3) is 94.2 Å². The molecule has 0 fully saturated rings. The summed E-state index contributed by atoms with van der Waals surface area (Å²) in [6, 6.07) is 61.3. The molecule has 574 valence electrons. The van der Waals surface area contributed by atoms with Gasteiger partial charge < -0.3 is 31.8 Å². The van der Waals surface area contributed by atoms with E-state index >= 15 is 0 Å². The number of para-hydroxylation sites is 3. The smallest absolute Gasteiger partial charge is 0.265 e. The predicted molar refractivity (Wildman–Crippen MR) is 458 cm³/mol. The van der Waals surface area contributed by atoms with E-state index in [1.54, 1.807) is 63.3 Å². The van der Waals surface area contributed by atoms with Crippen LogP contribution < -0.4 is 43.4 Å². The molecule has 10 aromatic heterocycles. The zero-order chi connectivity index (χ0) is 79.6. The van der Waals surface area contributed by atoms with Crippen LogP contribution in [-0.2, 0) is 25.0 Å². The number of phenolic OH excluding ortho intramolecular Hbond substituents is 1. The first-order valence-corrected chi connectivity index (χ1v) is 37.5. The van der Waals surface area contributed by atoms with Gasteiger partial charge in [-0.15, -0.1) is 0 Å². The number of rotatable bonds is 13. The number of ether oxygens (including phenoxy) is 2. The second kappa shape index (κ2) is 32.9. The fourth-order valence-electron chi connectivity index (χ4n) is 14.5. The number of halogens is 1. The van der Waals surface area contributed by atoms with Crippen LogP contribution in [0.4, 0.5) is 17.5 Å². The van der Waals surface area contributed by atoms with E-state index in [2.05, 4.69) is 66.9 Å². The molecule has 0 unspecified atom stereocenters. The van der Waals surface area contributed by atoms with Gasteiger partial charge in [0.2, 0.25) is 0 Å². The Labute approximate surface area is 668 Å². The van der Waals surface area contributed by atoms with Crippen LogP contribution in [-0.4, -0.2) is 98.2 Å². The number of anilines is 3. The fraction of sp³-hybridized carbons (Fsp3) is 0.146. The minimum atomic E-state index is -0.147. The summed E-state index contributed by atoms with van der Waals surface area (Å²) in [5.74, 6) is 2.68. The fourth-order valence-corrected chi connectivity index (χ4v) is 14.9. The molecule has 26 heteroatoms. The first kappa shape index (κ1) is 77.3. The van der Waals surface area contributed by atoms with Crippen LogP contribution in [0.15, 0.2) is 245 Å². The van der Waals surface area contributed by atoms with Crippen molar-refractivity contribution in [1.82, 2.24) is 73.1 Å². The maximum Gasteiger partial charge on any atom is 0.265 e. The summed E-state index contributed by atoms with van der Waals surface area (Å²) in [6.07, 6.45) is 7.71. The van der Waals surface area contributed by atoms with Gasteiger partial charge in [0, 0.05) is 40.1 Å². The molecule has 18 rings (SSSR count). The lowest BCUT2D eigenvalue weighted by atomic mass is 10.0. The number of benzene rings is 7. The molecule has 115 heavy (non-hydrogen) atoms. The predicted octanol–water partition coefficient (Wildman–Crippen LogP) is 15.2. The maximum atomic E-state index is 14.0. The van der Waals surface area contributed by atoms with Crippen molar-refractivity contribution >= 4 is 93.7 Å². The van der Waals surface area contributed by atoms with Gasteiger partial charge in [0.15, 0.2) is 11.3 Å². The van der Waals surface area contributed by atoms with Crippen molar-refractivity contribution in [3.8, 4) is 56.8 Å². The molecule has 7 N–H and O–H groups in total. The van der Waals surface area contributed by atoms with Gasteiger partial charge in [-0.05, 0) is 165 Å². The number of hydrogen-bond acceptors (Lipinski definition) is 20. The Balaban J connectivity index is 0.000000132. The number of nitrogen functional groups attached to an aromatic ring is 3. The molecule has 11 heterocycles. The van der Waals surface area contributed by atoms with Crippen LogP contribution in [0.3, 0.4) is 0 Å². The highest BCUT2D eigenvalue weighted by Crippen LogP contribution is 2.36. The molecule has 1 aliphatic rings. The molecule has 0 aliphatic carbocycles. The lowest BCUT2D eigenvalue weighted by molar-refractivity contribution is 0.414. The van der Waals surface area contributed by atoms with Crippen molar-refractivity contribution in [3.05, 3.63) is 324 Å². The number of phenols is 1. The van der Waals surface area contributed by atoms with Crippen LogP contribution in [0.1, 0.15) is 74.7 Å². The average molecular weight is 1590 g/mol. The molecule has 0 radical (unpaired) electrons. The van der Waals surface area contributed by atoms with Crippen molar-refractivity contribution < 1.29 is 14.6 Å². The van der Waals surface area contributed by atoms with E-state index in [1.165, 1.54) is 19.0 Å². The number of methoxy groups -OCH3 is 2. The van der Waals surface area contributed by atoms with E-state index in [-0.39, 0.29) is 48.8 Å². The van der Waals surface area contributed by atoms with Crippen molar-refractivity contribution in [3.63, 3.8) is 0 Å². The largest absolute Gasteiger partial charge is 0.508 e. The van der Waals surface area contributed by atoms with Gasteiger partial charge in [0.25, 0.3) is 16.7 Å². The first-order chi connectivity index (χ1) is 55.3. The monoisotopic (exact) mass is 1590 g/mol. The van der Waals surface area contributed by atoms with E-state index in [9.17, 15) is 19.5 Å². The van der Waals surface area contributed by atoms with Gasteiger partial charge in [0.1, 0.15) is 65.1 Å². The number of fused-ring (bicyclic) bond motifs is 6. The summed E-state index contributed by atoms with van der Waals surface area (Å²) in [5.41, 5.74) is 37.5. The summed E-state index contributed by atoms with van der Waals surface area (Å²) >= 11 is 3.51. The number of aromatic nitrogens is 15. The number of aromatic hydroxyl groups is 1. The molecular formula is C89H80BrN19O6. The minimum absolute atomic E-state index is 0. The summed E-state index contributed by atoms with van der Waals surface area (Å²) in [5, 5.41) is 24.6. The van der Waals surface area contributed by atoms with Gasteiger partial charge in [-0.3, -0.25) is 43.0 Å². The second-order valence-corrected chi connectivity index (χ2v) is 27.9. The molecule has 0 saturated heterocycles. The van der Waals surface area contributed by atoms with E-state index in [4.69, 9.17) is 36.9 Å². The summed E-state index contributed by atoms with van der Waals surface area (Å²) < 4.78 is 19.4. The van der Waals surface area contributed by atoms with Crippen LogP contribution in [0, 0.1) is 41.5 Å². The molecular weight excluding hydrogens is 1510 g/mol. The van der Waals surface area contributed by atoms with Gasteiger partial charge in [-0.2, -0.15) is 10.2 Å². The molecule has 7 aromatic carbocycles. The highest BCUT2D eigenvalue weighted by atomic mass is 79.9. The lowest BCUT2D eigenvalue weighted by Crippen LogP contribution is -2.25. The van der Waals surface area contributed by atoms with Gasteiger partial charge in [-0.25, -0.2) is 39.3 Å². The summed E-state index contributed by atoms with van der Waals surface area (Å²) in [4.78, 5) is 80.0. The third kappa shape index (κ3) is 15.0. The third-order valence-electron chi connectivity index (χ3n) is 20.1. The van der Waals surface area contributed by atoms with Gasteiger partial charge >= 0.3 is 0 Å². The Bertz CT molecular complexity index is 6870. The highest BCUT2D eigenvalue weighted by molar-refractivity contribution is 9.08. The number of hydrogen-bond donors (Lipinski definition) is 4. The van der Waals surface area contributed by atoms with E-state index in [0.29, 0.717) is 101 Å². The lowest BCUT2D eigenvalue weighted by Gasteiger charge is -2.17. The van der Waals surface area contributed by atoms with Crippen LogP contribution >= 0.6 is 15.9 Å². The summed E-state index contributed by atoms with van der Waals surface area (Å²) in [7, 11) is 3.26. The Morgan fingerprint density at radius 1 is 0.426 bits per heavy atom. The Hall–Kier alpha value is -14.4. The Morgan fingerprint density at radius 3 is 1.35 bits per heavy atom. The molecule has 0 spiro atoms. The van der Waals surface area contributed by atoms with E-state index in [1.807, 2.05) is 216 Å². The topological polar surface area (TPSA) is 334 Å². The third-order valence-corrected chi connectivity index (χ3v) is 20.6. The zero-order valence-corrected chi connectivity index (χ0v) is 65.0. The van der Waals surface area contributed by atoms with Crippen molar-refractivity contribution in [2.75, 3.05) is 31.4 Å². The number of aliphatic imine (C=N–C) groups is 1. The molecule has 0 saturated carbocycles. The molecule has 0 amide bonds. The number of pyridine rings is 5. The quantitative estimate of drug-likeness (QED) is 0.0779.